The lowest BCUT2D eigenvalue weighted by molar-refractivity contribution is -0.146. The zero-order valence-electron chi connectivity index (χ0n) is 13.4. The zero-order chi connectivity index (χ0) is 18.0. The zero-order valence-corrected chi connectivity index (χ0v) is 13.4. The van der Waals surface area contributed by atoms with Gasteiger partial charge in [-0.15, -0.1) is 0 Å². The number of hydrogen-bond donors (Lipinski definition) is 2. The first kappa shape index (κ1) is 17.1. The minimum absolute atomic E-state index is 0.167. The molecule has 25 heavy (non-hydrogen) atoms. The summed E-state index contributed by atoms with van der Waals surface area (Å²) in [6, 6.07) is 5.56. The third-order valence-corrected chi connectivity index (χ3v) is 4.44. The normalized spacial score (nSPS) is 22.8. The average Bonchev–Trinajstić information content (AvgIpc) is 2.54. The number of carboxylic acids is 1. The lowest BCUT2D eigenvalue weighted by atomic mass is 9.80. The Morgan fingerprint density at radius 1 is 1.24 bits per heavy atom. The molecule has 0 unspecified atom stereocenters. The van der Waals surface area contributed by atoms with Crippen molar-refractivity contribution in [3.05, 3.63) is 35.6 Å². The fourth-order valence-corrected chi connectivity index (χ4v) is 2.86. The Bertz CT molecular complexity index is 726. The Hall–Kier alpha value is -2.77. The summed E-state index contributed by atoms with van der Waals surface area (Å²) in [6.07, 6.45) is 1.24. The smallest absolute Gasteiger partial charge is 0.306 e. The van der Waals surface area contributed by atoms with Crippen LogP contribution >= 0.6 is 0 Å². The van der Waals surface area contributed by atoms with Crippen LogP contribution in [0.15, 0.2) is 29.4 Å². The van der Waals surface area contributed by atoms with Crippen molar-refractivity contribution >= 4 is 23.5 Å². The van der Waals surface area contributed by atoms with Crippen LogP contribution in [0.1, 0.15) is 31.2 Å². The van der Waals surface area contributed by atoms with E-state index in [0.717, 1.165) is 0 Å². The minimum Gasteiger partial charge on any atom is -0.481 e. The standard InChI is InChI=1S/C17H18FN3O4/c18-12-3-1-10(2-4-12)9-21-15(22)6-5-14(20-21)16(23)19-13-7-11(8-13)17(24)25/h1-4,11,13H,5-9H2,(H,19,23)(H,24,25). The number of carboxylic acid groups (broad SMARTS) is 1. The number of nitrogens with zero attached hydrogens (tertiary/aromatic N) is 2. The largest absolute Gasteiger partial charge is 0.481 e. The van der Waals surface area contributed by atoms with E-state index < -0.39 is 11.9 Å². The van der Waals surface area contributed by atoms with Crippen LogP contribution in [0.5, 0.6) is 0 Å². The van der Waals surface area contributed by atoms with Crippen molar-refractivity contribution in [2.24, 2.45) is 11.0 Å². The van der Waals surface area contributed by atoms with E-state index in [1.54, 1.807) is 12.1 Å². The van der Waals surface area contributed by atoms with E-state index in [1.807, 2.05) is 0 Å². The van der Waals surface area contributed by atoms with Crippen LogP contribution in [-0.4, -0.2) is 39.7 Å². The molecule has 1 fully saturated rings. The number of amides is 2. The first-order valence-corrected chi connectivity index (χ1v) is 8.08. The maximum Gasteiger partial charge on any atom is 0.306 e. The van der Waals surface area contributed by atoms with Crippen LogP contribution in [0, 0.1) is 11.7 Å². The van der Waals surface area contributed by atoms with Gasteiger partial charge in [-0.2, -0.15) is 5.10 Å². The van der Waals surface area contributed by atoms with E-state index in [4.69, 9.17) is 5.11 Å². The Labute approximate surface area is 143 Å². The third kappa shape index (κ3) is 4.01. The van der Waals surface area contributed by atoms with Crippen molar-refractivity contribution in [2.75, 3.05) is 0 Å². The van der Waals surface area contributed by atoms with Gasteiger partial charge >= 0.3 is 5.97 Å². The van der Waals surface area contributed by atoms with Crippen molar-refractivity contribution in [3.8, 4) is 0 Å². The third-order valence-electron chi connectivity index (χ3n) is 4.44. The number of hydrazone groups is 1. The van der Waals surface area contributed by atoms with Crippen LogP contribution < -0.4 is 5.32 Å². The molecule has 2 amide bonds. The van der Waals surface area contributed by atoms with Gasteiger partial charge in [0.25, 0.3) is 5.91 Å². The van der Waals surface area contributed by atoms with Gasteiger partial charge < -0.3 is 10.4 Å². The van der Waals surface area contributed by atoms with Crippen molar-refractivity contribution in [2.45, 2.75) is 38.3 Å². The van der Waals surface area contributed by atoms with Crippen LogP contribution in [0.25, 0.3) is 0 Å². The molecule has 0 aromatic heterocycles. The summed E-state index contributed by atoms with van der Waals surface area (Å²) in [5.41, 5.74) is 0.962. The van der Waals surface area contributed by atoms with Gasteiger partial charge in [-0.05, 0) is 30.5 Å². The molecule has 1 saturated carbocycles. The number of aliphatic carboxylic acids is 1. The van der Waals surface area contributed by atoms with E-state index in [1.165, 1.54) is 17.1 Å². The number of hydrogen-bond acceptors (Lipinski definition) is 4. The summed E-state index contributed by atoms with van der Waals surface area (Å²) in [6.45, 7) is 0.167. The SMILES string of the molecule is O=C(NC1CC(C(=O)O)C1)C1=NN(Cc2ccc(F)cc2)C(=O)CC1. The summed E-state index contributed by atoms with van der Waals surface area (Å²) in [4.78, 5) is 35.0. The number of halogens is 1. The van der Waals surface area contributed by atoms with Crippen molar-refractivity contribution in [3.63, 3.8) is 0 Å². The van der Waals surface area contributed by atoms with Crippen LogP contribution in [0.2, 0.25) is 0 Å². The summed E-state index contributed by atoms with van der Waals surface area (Å²) in [7, 11) is 0. The first-order valence-electron chi connectivity index (χ1n) is 8.08. The van der Waals surface area contributed by atoms with Gasteiger partial charge in [0, 0.05) is 18.9 Å². The van der Waals surface area contributed by atoms with Crippen molar-refractivity contribution in [1.82, 2.24) is 10.3 Å². The number of benzene rings is 1. The summed E-state index contributed by atoms with van der Waals surface area (Å²) in [5, 5.41) is 16.9. The molecule has 0 bridgehead atoms. The molecule has 1 aromatic carbocycles. The topological polar surface area (TPSA) is 99.1 Å². The van der Waals surface area contributed by atoms with Crippen LogP contribution in [0.3, 0.4) is 0 Å². The molecule has 3 rings (SSSR count). The highest BCUT2D eigenvalue weighted by molar-refractivity contribution is 6.39. The average molecular weight is 347 g/mol. The molecule has 0 atom stereocenters. The highest BCUT2D eigenvalue weighted by atomic mass is 19.1. The van der Waals surface area contributed by atoms with Crippen molar-refractivity contribution in [1.29, 1.82) is 0 Å². The Kier molecular flexibility index (Phi) is 4.78. The maximum absolute atomic E-state index is 13.0. The molecule has 132 valence electrons. The second kappa shape index (κ2) is 7.00. The molecule has 1 heterocycles. The Morgan fingerprint density at radius 3 is 2.56 bits per heavy atom. The Balaban J connectivity index is 1.61. The fourth-order valence-electron chi connectivity index (χ4n) is 2.86. The predicted octanol–water partition coefficient (Wildman–Crippen LogP) is 1.28. The van der Waals surface area contributed by atoms with E-state index in [9.17, 15) is 18.8 Å². The first-order chi connectivity index (χ1) is 11.9. The predicted molar refractivity (Wildman–Crippen MR) is 85.9 cm³/mol. The number of carbonyl (C=O) groups excluding carboxylic acids is 2. The molecule has 0 saturated heterocycles. The second-order valence-corrected chi connectivity index (χ2v) is 6.30. The molecule has 1 aliphatic carbocycles. The number of rotatable bonds is 5. The summed E-state index contributed by atoms with van der Waals surface area (Å²) in [5.74, 6) is -2.19. The lowest BCUT2D eigenvalue weighted by Gasteiger charge is -2.33. The van der Waals surface area contributed by atoms with Gasteiger partial charge in [0.2, 0.25) is 5.91 Å². The maximum atomic E-state index is 13.0. The van der Waals surface area contributed by atoms with E-state index in [-0.39, 0.29) is 48.8 Å². The van der Waals surface area contributed by atoms with E-state index in [2.05, 4.69) is 10.4 Å². The molecule has 1 aliphatic heterocycles. The lowest BCUT2D eigenvalue weighted by Crippen LogP contribution is -2.49. The number of nitrogens with one attached hydrogen (secondary N) is 1. The molecule has 2 aliphatic rings. The monoisotopic (exact) mass is 347 g/mol. The molecule has 2 N–H and O–H groups in total. The molecule has 7 nitrogen and oxygen atoms in total. The second-order valence-electron chi connectivity index (χ2n) is 6.30. The highest BCUT2D eigenvalue weighted by Crippen LogP contribution is 2.27. The van der Waals surface area contributed by atoms with Gasteiger partial charge in [-0.25, -0.2) is 9.40 Å². The van der Waals surface area contributed by atoms with Crippen LogP contribution in [-0.2, 0) is 20.9 Å². The van der Waals surface area contributed by atoms with Crippen LogP contribution in [0.4, 0.5) is 4.39 Å². The summed E-state index contributed by atoms with van der Waals surface area (Å²) >= 11 is 0. The van der Waals surface area contributed by atoms with E-state index in [0.29, 0.717) is 18.4 Å². The summed E-state index contributed by atoms with van der Waals surface area (Å²) < 4.78 is 13.0. The minimum atomic E-state index is -0.850. The number of carbonyl (C=O) groups is 3. The van der Waals surface area contributed by atoms with Gasteiger partial charge in [0.15, 0.2) is 0 Å². The molecule has 8 heteroatoms. The Morgan fingerprint density at radius 2 is 1.92 bits per heavy atom. The highest BCUT2D eigenvalue weighted by Gasteiger charge is 2.36. The molecular weight excluding hydrogens is 329 g/mol. The van der Waals surface area contributed by atoms with Crippen molar-refractivity contribution < 1.29 is 23.9 Å². The fraction of sp³-hybridized carbons (Fsp3) is 0.412. The van der Waals surface area contributed by atoms with E-state index >= 15 is 0 Å². The quantitative estimate of drug-likeness (QED) is 0.838. The molecule has 0 spiro atoms. The molecular formula is C17H18FN3O4. The van der Waals surface area contributed by atoms with Gasteiger partial charge in [-0.1, -0.05) is 12.1 Å². The van der Waals surface area contributed by atoms with Gasteiger partial charge in [-0.3, -0.25) is 14.4 Å². The van der Waals surface area contributed by atoms with Gasteiger partial charge in [0.1, 0.15) is 11.5 Å². The van der Waals surface area contributed by atoms with Gasteiger partial charge in [0.05, 0.1) is 12.5 Å². The molecule has 1 aromatic rings. The molecule has 0 radical (unpaired) electrons.